The van der Waals surface area contributed by atoms with Crippen LogP contribution in [0.15, 0.2) is 27.8 Å². The first kappa shape index (κ1) is 21.8. The summed E-state index contributed by atoms with van der Waals surface area (Å²) in [5, 5.41) is 13.7. The Labute approximate surface area is 166 Å². The minimum atomic E-state index is -1.12. The molecule has 2 N–H and O–H groups in total. The van der Waals surface area contributed by atoms with E-state index in [1.807, 2.05) is 18.7 Å². The summed E-state index contributed by atoms with van der Waals surface area (Å²) in [6.07, 6.45) is 1.55. The smallest absolute Gasteiger partial charge is 0.225 e. The molecule has 0 aliphatic carbocycles. The number of guanidine groups is 1. The Hall–Kier alpha value is -1.29. The lowest BCUT2D eigenvalue weighted by molar-refractivity contribution is -0.135. The number of halogens is 1. The average molecular weight is 464 g/mol. The highest BCUT2D eigenvalue weighted by atomic mass is 127. The van der Waals surface area contributed by atoms with Crippen molar-refractivity contribution in [3.63, 3.8) is 0 Å². The van der Waals surface area contributed by atoms with E-state index in [9.17, 15) is 9.90 Å². The summed E-state index contributed by atoms with van der Waals surface area (Å²) in [5.41, 5.74) is -1.12. The van der Waals surface area contributed by atoms with Gasteiger partial charge < -0.3 is 24.6 Å². The number of rotatable bonds is 4. The van der Waals surface area contributed by atoms with Gasteiger partial charge in [-0.05, 0) is 19.1 Å². The molecule has 1 aliphatic rings. The van der Waals surface area contributed by atoms with Crippen molar-refractivity contribution in [3.05, 3.63) is 24.2 Å². The van der Waals surface area contributed by atoms with E-state index in [-0.39, 0.29) is 35.8 Å². The predicted octanol–water partition coefficient (Wildman–Crippen LogP) is 1.48. The van der Waals surface area contributed by atoms with E-state index in [1.165, 1.54) is 0 Å². The molecule has 1 saturated heterocycles. The molecule has 0 saturated carbocycles. The van der Waals surface area contributed by atoms with E-state index in [4.69, 9.17) is 4.42 Å². The lowest BCUT2D eigenvalue weighted by Gasteiger charge is -2.37. The number of nitrogens with one attached hydrogen (secondary N) is 1. The summed E-state index contributed by atoms with van der Waals surface area (Å²) in [5.74, 6) is 1.45. The molecule has 1 aromatic heterocycles. The molecule has 0 aromatic carbocycles. The second kappa shape index (κ2) is 9.42. The minimum absolute atomic E-state index is 0. The van der Waals surface area contributed by atoms with Gasteiger partial charge >= 0.3 is 0 Å². The highest BCUT2D eigenvalue weighted by Gasteiger charge is 2.28. The zero-order valence-electron chi connectivity index (χ0n) is 15.4. The first-order valence-electron chi connectivity index (χ1n) is 8.36. The maximum Gasteiger partial charge on any atom is 0.225 e. The summed E-state index contributed by atoms with van der Waals surface area (Å²) < 4.78 is 5.28. The molecule has 1 amide bonds. The van der Waals surface area contributed by atoms with Gasteiger partial charge in [-0.1, -0.05) is 13.8 Å². The Balaban J connectivity index is 0.00000312. The lowest BCUT2D eigenvalue weighted by Crippen LogP contribution is -2.55. The topological polar surface area (TPSA) is 81.3 Å². The molecule has 1 fully saturated rings. The van der Waals surface area contributed by atoms with Crippen molar-refractivity contribution in [2.24, 2.45) is 10.9 Å². The van der Waals surface area contributed by atoms with E-state index < -0.39 is 5.60 Å². The van der Waals surface area contributed by atoms with E-state index in [0.717, 1.165) is 19.0 Å². The van der Waals surface area contributed by atoms with Crippen LogP contribution in [-0.2, 0) is 10.4 Å². The molecule has 2 heterocycles. The molecule has 142 valence electrons. The number of piperazine rings is 1. The van der Waals surface area contributed by atoms with Crippen LogP contribution in [0.4, 0.5) is 0 Å². The molecular weight excluding hydrogens is 435 g/mol. The van der Waals surface area contributed by atoms with Gasteiger partial charge in [0.1, 0.15) is 11.4 Å². The number of aliphatic hydroxyl groups is 1. The zero-order chi connectivity index (χ0) is 17.7. The fraction of sp³-hybridized carbons (Fsp3) is 0.647. The van der Waals surface area contributed by atoms with Crippen LogP contribution in [0.25, 0.3) is 0 Å². The van der Waals surface area contributed by atoms with Crippen molar-refractivity contribution in [3.8, 4) is 0 Å². The fourth-order valence-electron chi connectivity index (χ4n) is 2.76. The summed E-state index contributed by atoms with van der Waals surface area (Å²) >= 11 is 0. The van der Waals surface area contributed by atoms with Crippen LogP contribution in [0.2, 0.25) is 0 Å². The summed E-state index contributed by atoms with van der Waals surface area (Å²) in [4.78, 5) is 20.3. The van der Waals surface area contributed by atoms with Gasteiger partial charge in [-0.15, -0.1) is 24.0 Å². The number of aliphatic imine (C=N–C) groups is 1. The van der Waals surface area contributed by atoms with Crippen LogP contribution < -0.4 is 5.32 Å². The molecule has 1 unspecified atom stereocenters. The Morgan fingerprint density at radius 2 is 1.96 bits per heavy atom. The third-order valence-corrected chi connectivity index (χ3v) is 4.24. The number of amides is 1. The Kier molecular flexibility index (Phi) is 8.20. The van der Waals surface area contributed by atoms with Crippen LogP contribution in [0.3, 0.4) is 0 Å². The molecule has 0 bridgehead atoms. The van der Waals surface area contributed by atoms with Crippen molar-refractivity contribution < 1.29 is 14.3 Å². The largest absolute Gasteiger partial charge is 0.466 e. The number of carbonyl (C=O) groups excluding carboxylic acids is 1. The molecule has 7 nitrogen and oxygen atoms in total. The molecular formula is C17H29IN4O3. The van der Waals surface area contributed by atoms with Gasteiger partial charge in [-0.2, -0.15) is 0 Å². The van der Waals surface area contributed by atoms with E-state index in [1.54, 1.807) is 32.4 Å². The van der Waals surface area contributed by atoms with Crippen molar-refractivity contribution in [1.29, 1.82) is 0 Å². The van der Waals surface area contributed by atoms with Gasteiger partial charge in [0, 0.05) is 39.1 Å². The third-order valence-electron chi connectivity index (χ3n) is 4.24. The number of carbonyl (C=O) groups is 1. The molecule has 1 atom stereocenters. The summed E-state index contributed by atoms with van der Waals surface area (Å²) in [7, 11) is 1.72. The standard InChI is InChI=1S/C17H28N4O3.HI/c1-13(2)15(22)20-7-9-21(10-8-20)16(18-4)19-12-17(3,23)14-6-5-11-24-14;/h5-6,11,13,23H,7-10,12H2,1-4H3,(H,18,19);1H. The summed E-state index contributed by atoms with van der Waals surface area (Å²) in [6, 6.07) is 3.50. The van der Waals surface area contributed by atoms with Crippen molar-refractivity contribution in [2.45, 2.75) is 26.4 Å². The van der Waals surface area contributed by atoms with Crippen LogP contribution >= 0.6 is 24.0 Å². The number of hydrogen-bond acceptors (Lipinski definition) is 4. The lowest BCUT2D eigenvalue weighted by atomic mass is 10.0. The first-order chi connectivity index (χ1) is 11.3. The van der Waals surface area contributed by atoms with Gasteiger partial charge in [0.2, 0.25) is 5.91 Å². The molecule has 0 radical (unpaired) electrons. The highest BCUT2D eigenvalue weighted by Crippen LogP contribution is 2.20. The predicted molar refractivity (Wildman–Crippen MR) is 108 cm³/mol. The van der Waals surface area contributed by atoms with Gasteiger partial charge in [0.05, 0.1) is 12.8 Å². The quantitative estimate of drug-likeness (QED) is 0.401. The second-order valence-electron chi connectivity index (χ2n) is 6.62. The maximum atomic E-state index is 12.1. The summed E-state index contributed by atoms with van der Waals surface area (Å²) in [6.45, 7) is 8.65. The van der Waals surface area contributed by atoms with Crippen LogP contribution in [0.1, 0.15) is 26.5 Å². The van der Waals surface area contributed by atoms with E-state index in [0.29, 0.717) is 25.4 Å². The van der Waals surface area contributed by atoms with E-state index >= 15 is 0 Å². The maximum absolute atomic E-state index is 12.1. The Morgan fingerprint density at radius 3 is 2.44 bits per heavy atom. The SMILES string of the molecule is CN=C(NCC(C)(O)c1ccco1)N1CCN(C(=O)C(C)C)CC1.I. The van der Waals surface area contributed by atoms with Gasteiger partial charge in [-0.25, -0.2) is 0 Å². The monoisotopic (exact) mass is 464 g/mol. The molecule has 8 heteroatoms. The third kappa shape index (κ3) is 5.60. The number of hydrogen-bond donors (Lipinski definition) is 2. The Bertz CT molecular complexity index is 564. The average Bonchev–Trinajstić information content (AvgIpc) is 3.10. The molecule has 0 spiro atoms. The van der Waals surface area contributed by atoms with Crippen molar-refractivity contribution in [1.82, 2.24) is 15.1 Å². The second-order valence-corrected chi connectivity index (χ2v) is 6.62. The zero-order valence-corrected chi connectivity index (χ0v) is 17.7. The molecule has 2 rings (SSSR count). The highest BCUT2D eigenvalue weighted by molar-refractivity contribution is 14.0. The van der Waals surface area contributed by atoms with Gasteiger partial charge in [-0.3, -0.25) is 9.79 Å². The van der Waals surface area contributed by atoms with Crippen LogP contribution in [-0.4, -0.2) is 66.5 Å². The Morgan fingerprint density at radius 1 is 1.36 bits per heavy atom. The number of nitrogens with zero attached hydrogens (tertiary/aromatic N) is 3. The van der Waals surface area contributed by atoms with Gasteiger partial charge in [0.15, 0.2) is 5.96 Å². The first-order valence-corrected chi connectivity index (χ1v) is 8.36. The molecule has 1 aromatic rings. The fourth-order valence-corrected chi connectivity index (χ4v) is 2.76. The van der Waals surface area contributed by atoms with Crippen molar-refractivity contribution >= 4 is 35.8 Å². The van der Waals surface area contributed by atoms with Gasteiger partial charge in [0.25, 0.3) is 0 Å². The normalized spacial score (nSPS) is 17.9. The van der Waals surface area contributed by atoms with E-state index in [2.05, 4.69) is 15.2 Å². The van der Waals surface area contributed by atoms with Crippen molar-refractivity contribution in [2.75, 3.05) is 39.8 Å². The molecule has 1 aliphatic heterocycles. The minimum Gasteiger partial charge on any atom is -0.466 e. The van der Waals surface area contributed by atoms with Crippen LogP contribution in [0.5, 0.6) is 0 Å². The number of furan rings is 1. The van der Waals surface area contributed by atoms with Crippen LogP contribution in [0, 0.1) is 5.92 Å². The molecule has 25 heavy (non-hydrogen) atoms.